The zero-order chi connectivity index (χ0) is 24.7. The van der Waals surface area contributed by atoms with Crippen molar-refractivity contribution in [3.63, 3.8) is 0 Å². The molecule has 1 heterocycles. The van der Waals surface area contributed by atoms with Crippen LogP contribution in [0.3, 0.4) is 0 Å². The summed E-state index contributed by atoms with van der Waals surface area (Å²) in [5.41, 5.74) is 2.51. The Bertz CT molecular complexity index is 1110. The number of benzene rings is 2. The summed E-state index contributed by atoms with van der Waals surface area (Å²) < 4.78 is 32.5. The van der Waals surface area contributed by atoms with Gasteiger partial charge in [-0.25, -0.2) is 8.42 Å². The van der Waals surface area contributed by atoms with Crippen molar-refractivity contribution >= 4 is 21.8 Å². The summed E-state index contributed by atoms with van der Waals surface area (Å²) in [5.74, 6) is -0.913. The fraction of sp³-hybridized carbons (Fsp3) is 0.440. The summed E-state index contributed by atoms with van der Waals surface area (Å²) in [4.78, 5) is 25.8. The molecule has 1 fully saturated rings. The van der Waals surface area contributed by atoms with Crippen molar-refractivity contribution in [2.24, 2.45) is 5.92 Å². The minimum Gasteiger partial charge on any atom is -0.379 e. The van der Waals surface area contributed by atoms with Gasteiger partial charge in [0.2, 0.25) is 15.9 Å². The van der Waals surface area contributed by atoms with Crippen molar-refractivity contribution < 1.29 is 22.7 Å². The van der Waals surface area contributed by atoms with Gasteiger partial charge in [-0.05, 0) is 48.6 Å². The maximum Gasteiger partial charge on any atom is 0.251 e. The second kappa shape index (κ2) is 11.6. The van der Waals surface area contributed by atoms with Gasteiger partial charge in [-0.3, -0.25) is 9.59 Å². The van der Waals surface area contributed by atoms with Crippen LogP contribution in [0.1, 0.15) is 35.3 Å². The van der Waals surface area contributed by atoms with Crippen LogP contribution in [-0.4, -0.2) is 63.4 Å². The van der Waals surface area contributed by atoms with Crippen LogP contribution < -0.4 is 10.6 Å². The molecule has 34 heavy (non-hydrogen) atoms. The van der Waals surface area contributed by atoms with E-state index in [4.69, 9.17) is 4.74 Å². The monoisotopic (exact) mass is 487 g/mol. The number of sulfonamides is 1. The molecule has 0 unspecified atom stereocenters. The average molecular weight is 488 g/mol. The lowest BCUT2D eigenvalue weighted by Crippen LogP contribution is -2.50. The topological polar surface area (TPSA) is 105 Å². The molecule has 184 valence electrons. The van der Waals surface area contributed by atoms with E-state index in [2.05, 4.69) is 10.6 Å². The van der Waals surface area contributed by atoms with Crippen LogP contribution in [0.2, 0.25) is 0 Å². The molecule has 1 atom stereocenters. The Hall–Kier alpha value is -2.75. The van der Waals surface area contributed by atoms with Gasteiger partial charge in [-0.2, -0.15) is 4.31 Å². The Morgan fingerprint density at radius 3 is 2.44 bits per heavy atom. The number of hydrogen-bond donors (Lipinski definition) is 2. The van der Waals surface area contributed by atoms with Crippen LogP contribution in [-0.2, 0) is 26.0 Å². The molecule has 0 bridgehead atoms. The van der Waals surface area contributed by atoms with E-state index in [-0.39, 0.29) is 35.4 Å². The summed E-state index contributed by atoms with van der Waals surface area (Å²) >= 11 is 0. The first-order chi connectivity index (χ1) is 16.2. The number of ether oxygens (including phenoxy) is 1. The number of carbonyl (C=O) groups is 2. The zero-order valence-corrected chi connectivity index (χ0v) is 20.7. The van der Waals surface area contributed by atoms with Crippen LogP contribution in [0.25, 0.3) is 0 Å². The average Bonchev–Trinajstić information content (AvgIpc) is 2.84. The molecule has 0 aliphatic carbocycles. The third kappa shape index (κ3) is 6.43. The Labute approximate surface area is 201 Å². The predicted octanol–water partition coefficient (Wildman–Crippen LogP) is 2.13. The number of hydrogen-bond acceptors (Lipinski definition) is 5. The van der Waals surface area contributed by atoms with E-state index in [9.17, 15) is 18.0 Å². The van der Waals surface area contributed by atoms with Gasteiger partial charge in [-0.1, -0.05) is 44.2 Å². The number of morpholine rings is 1. The van der Waals surface area contributed by atoms with Gasteiger partial charge in [0.1, 0.15) is 6.04 Å². The zero-order valence-electron chi connectivity index (χ0n) is 19.9. The van der Waals surface area contributed by atoms with Crippen molar-refractivity contribution in [3.8, 4) is 0 Å². The van der Waals surface area contributed by atoms with E-state index in [0.29, 0.717) is 26.2 Å². The summed E-state index contributed by atoms with van der Waals surface area (Å²) in [6, 6.07) is 13.2. The molecule has 0 spiro atoms. The molecule has 2 amide bonds. The highest BCUT2D eigenvalue weighted by Crippen LogP contribution is 2.19. The standard InChI is InChI=1S/C25H33N3O5S/c1-18(2)23(25(30)26-12-11-20-8-5-4-7-19(20)3)27-24(29)21-9-6-10-22(17-21)34(31,32)28-13-15-33-16-14-28/h4-10,17-18,23H,11-16H2,1-3H3,(H,26,30)(H,27,29)/t23-/m0/s1. The van der Waals surface area contributed by atoms with Gasteiger partial charge in [-0.15, -0.1) is 0 Å². The largest absolute Gasteiger partial charge is 0.379 e. The van der Waals surface area contributed by atoms with Crippen LogP contribution in [0, 0.1) is 12.8 Å². The van der Waals surface area contributed by atoms with E-state index < -0.39 is 22.0 Å². The first-order valence-electron chi connectivity index (χ1n) is 11.5. The Kier molecular flexibility index (Phi) is 8.82. The lowest BCUT2D eigenvalue weighted by molar-refractivity contribution is -0.123. The third-order valence-electron chi connectivity index (χ3n) is 5.89. The fourth-order valence-corrected chi connectivity index (χ4v) is 5.27. The maximum absolute atomic E-state index is 12.9. The lowest BCUT2D eigenvalue weighted by atomic mass is 10.0. The highest BCUT2D eigenvalue weighted by molar-refractivity contribution is 7.89. The van der Waals surface area contributed by atoms with Gasteiger partial charge in [0, 0.05) is 25.2 Å². The fourth-order valence-electron chi connectivity index (χ4n) is 3.81. The van der Waals surface area contributed by atoms with E-state index in [1.165, 1.54) is 22.5 Å². The number of rotatable bonds is 9. The number of aryl methyl sites for hydroxylation is 1. The molecule has 2 aromatic carbocycles. The molecule has 3 rings (SSSR count). The van der Waals surface area contributed by atoms with Crippen molar-refractivity contribution in [1.82, 2.24) is 14.9 Å². The molecule has 9 heteroatoms. The van der Waals surface area contributed by atoms with E-state index in [1.807, 2.05) is 45.0 Å². The predicted molar refractivity (Wildman–Crippen MR) is 130 cm³/mol. The van der Waals surface area contributed by atoms with E-state index >= 15 is 0 Å². The molecule has 0 saturated carbocycles. The van der Waals surface area contributed by atoms with Crippen LogP contribution in [0.5, 0.6) is 0 Å². The Morgan fingerprint density at radius 2 is 1.76 bits per heavy atom. The molecule has 2 N–H and O–H groups in total. The molecular formula is C25H33N3O5S. The van der Waals surface area contributed by atoms with Crippen LogP contribution in [0.4, 0.5) is 0 Å². The Balaban J connectivity index is 1.65. The van der Waals surface area contributed by atoms with Crippen LogP contribution in [0.15, 0.2) is 53.4 Å². The molecule has 2 aromatic rings. The van der Waals surface area contributed by atoms with Gasteiger partial charge in [0.25, 0.3) is 5.91 Å². The van der Waals surface area contributed by atoms with Gasteiger partial charge in [0.05, 0.1) is 18.1 Å². The van der Waals surface area contributed by atoms with Crippen molar-refractivity contribution in [2.45, 2.75) is 38.1 Å². The quantitative estimate of drug-likeness (QED) is 0.564. The summed E-state index contributed by atoms with van der Waals surface area (Å²) in [6.45, 7) is 7.42. The molecule has 1 saturated heterocycles. The van der Waals surface area contributed by atoms with Crippen molar-refractivity contribution in [3.05, 3.63) is 65.2 Å². The van der Waals surface area contributed by atoms with Gasteiger partial charge >= 0.3 is 0 Å². The smallest absolute Gasteiger partial charge is 0.251 e. The van der Waals surface area contributed by atoms with Crippen LogP contribution >= 0.6 is 0 Å². The first kappa shape index (κ1) is 25.9. The van der Waals surface area contributed by atoms with Crippen molar-refractivity contribution in [2.75, 3.05) is 32.8 Å². The lowest BCUT2D eigenvalue weighted by Gasteiger charge is -2.26. The van der Waals surface area contributed by atoms with Crippen molar-refractivity contribution in [1.29, 1.82) is 0 Å². The molecule has 0 radical (unpaired) electrons. The highest BCUT2D eigenvalue weighted by Gasteiger charge is 2.28. The Morgan fingerprint density at radius 1 is 1.06 bits per heavy atom. The normalized spacial score (nSPS) is 15.6. The molecule has 8 nitrogen and oxygen atoms in total. The van der Waals surface area contributed by atoms with E-state index in [1.54, 1.807) is 6.07 Å². The summed E-state index contributed by atoms with van der Waals surface area (Å²) in [5, 5.41) is 5.68. The first-order valence-corrected chi connectivity index (χ1v) is 12.9. The third-order valence-corrected chi connectivity index (χ3v) is 7.79. The maximum atomic E-state index is 12.9. The molecule has 1 aliphatic rings. The highest BCUT2D eigenvalue weighted by atomic mass is 32.2. The minimum absolute atomic E-state index is 0.0471. The van der Waals surface area contributed by atoms with Gasteiger partial charge < -0.3 is 15.4 Å². The molecule has 1 aliphatic heterocycles. The second-order valence-electron chi connectivity index (χ2n) is 8.71. The number of amides is 2. The summed E-state index contributed by atoms with van der Waals surface area (Å²) in [6.07, 6.45) is 0.693. The minimum atomic E-state index is -3.73. The number of nitrogens with zero attached hydrogens (tertiary/aromatic N) is 1. The summed E-state index contributed by atoms with van der Waals surface area (Å²) in [7, 11) is -3.73. The molecular weight excluding hydrogens is 454 g/mol. The van der Waals surface area contributed by atoms with E-state index in [0.717, 1.165) is 11.1 Å². The number of nitrogens with one attached hydrogen (secondary N) is 2. The second-order valence-corrected chi connectivity index (χ2v) is 10.6. The molecule has 0 aromatic heterocycles. The van der Waals surface area contributed by atoms with Gasteiger partial charge in [0.15, 0.2) is 0 Å². The number of carbonyl (C=O) groups excluding carboxylic acids is 2. The SMILES string of the molecule is Cc1ccccc1CCNC(=O)[C@@H](NC(=O)c1cccc(S(=O)(=O)N2CCOCC2)c1)C(C)C.